The number of pyridine rings is 1. The quantitative estimate of drug-likeness (QED) is 0.884. The molecule has 0 aliphatic carbocycles. The molecule has 2 aromatic rings. The van der Waals surface area contributed by atoms with Crippen molar-refractivity contribution in [3.8, 4) is 0 Å². The Hall–Kier alpha value is -2.44. The van der Waals surface area contributed by atoms with Gasteiger partial charge in [-0.2, -0.15) is 0 Å². The second-order valence-electron chi connectivity index (χ2n) is 5.53. The summed E-state index contributed by atoms with van der Waals surface area (Å²) in [5, 5.41) is 17.1. The van der Waals surface area contributed by atoms with Gasteiger partial charge in [0.05, 0.1) is 11.5 Å². The number of carboxylic acids is 1. The summed E-state index contributed by atoms with van der Waals surface area (Å²) in [6.45, 7) is 4.40. The fourth-order valence-electron chi connectivity index (χ4n) is 2.77. The van der Waals surface area contributed by atoms with Crippen molar-refractivity contribution in [1.82, 2.24) is 19.5 Å². The molecule has 2 aromatic heterocycles. The van der Waals surface area contributed by atoms with E-state index in [1.54, 1.807) is 27.6 Å². The van der Waals surface area contributed by atoms with Gasteiger partial charge in [0, 0.05) is 19.3 Å². The minimum atomic E-state index is -0.845. The van der Waals surface area contributed by atoms with Crippen molar-refractivity contribution in [1.29, 1.82) is 0 Å². The number of aryl methyl sites for hydroxylation is 1. The van der Waals surface area contributed by atoms with Crippen molar-refractivity contribution < 1.29 is 14.7 Å². The largest absolute Gasteiger partial charge is 0.481 e. The summed E-state index contributed by atoms with van der Waals surface area (Å²) in [5.41, 5.74) is 1.20. The predicted octanol–water partition coefficient (Wildman–Crippen LogP) is 0.830. The molecule has 0 aromatic carbocycles. The van der Waals surface area contributed by atoms with Gasteiger partial charge in [0.15, 0.2) is 5.65 Å². The number of fused-ring (bicyclic) bond motifs is 1. The Kier molecular flexibility index (Phi) is 3.12. The summed E-state index contributed by atoms with van der Waals surface area (Å²) < 4.78 is 1.75. The summed E-state index contributed by atoms with van der Waals surface area (Å²) in [7, 11) is 0. The summed E-state index contributed by atoms with van der Waals surface area (Å²) >= 11 is 0. The van der Waals surface area contributed by atoms with E-state index in [9.17, 15) is 9.59 Å². The lowest BCUT2D eigenvalue weighted by Gasteiger charge is -2.16. The van der Waals surface area contributed by atoms with Gasteiger partial charge in [0.1, 0.15) is 5.82 Å². The minimum absolute atomic E-state index is 0.0353. The molecule has 1 fully saturated rings. The highest BCUT2D eigenvalue weighted by Crippen LogP contribution is 2.24. The molecule has 7 heteroatoms. The highest BCUT2D eigenvalue weighted by molar-refractivity contribution is 5.94. The number of hydrogen-bond donors (Lipinski definition) is 1. The molecule has 1 N–H and O–H groups in total. The molecule has 1 amide bonds. The SMILES string of the molecule is Cc1nnc2ccc(C(=O)N3C[C@@H](C)[C@H](C(=O)O)C3)cn12. The number of carbonyl (C=O) groups is 2. The average molecular weight is 288 g/mol. The number of aromatic nitrogens is 3. The molecule has 0 radical (unpaired) electrons. The summed E-state index contributed by atoms with van der Waals surface area (Å²) in [5.74, 6) is -0.817. The number of carboxylic acid groups (broad SMARTS) is 1. The predicted molar refractivity (Wildman–Crippen MR) is 73.9 cm³/mol. The lowest BCUT2D eigenvalue weighted by atomic mass is 9.99. The number of aliphatic carboxylic acids is 1. The van der Waals surface area contributed by atoms with Gasteiger partial charge in [0.2, 0.25) is 0 Å². The van der Waals surface area contributed by atoms with Gasteiger partial charge < -0.3 is 10.0 Å². The number of amides is 1. The normalized spacial score (nSPS) is 21.9. The Morgan fingerprint density at radius 1 is 1.29 bits per heavy atom. The Morgan fingerprint density at radius 3 is 2.71 bits per heavy atom. The average Bonchev–Trinajstić information content (AvgIpc) is 3.02. The standard InChI is InChI=1S/C14H16N4O3/c1-8-5-17(7-11(8)14(20)21)13(19)10-3-4-12-16-15-9(2)18(12)6-10/h3-4,6,8,11H,5,7H2,1-2H3,(H,20,21)/t8-,11-/m1/s1. The topological polar surface area (TPSA) is 87.8 Å². The van der Waals surface area contributed by atoms with Crippen LogP contribution in [0.3, 0.4) is 0 Å². The third-order valence-electron chi connectivity index (χ3n) is 4.04. The van der Waals surface area contributed by atoms with E-state index in [2.05, 4.69) is 10.2 Å². The summed E-state index contributed by atoms with van der Waals surface area (Å²) in [4.78, 5) is 25.3. The van der Waals surface area contributed by atoms with Crippen molar-refractivity contribution in [2.45, 2.75) is 13.8 Å². The van der Waals surface area contributed by atoms with Gasteiger partial charge in [-0.05, 0) is 25.0 Å². The molecule has 1 saturated heterocycles. The first-order valence-electron chi connectivity index (χ1n) is 6.81. The van der Waals surface area contributed by atoms with Crippen LogP contribution in [0.25, 0.3) is 5.65 Å². The Morgan fingerprint density at radius 2 is 2.05 bits per heavy atom. The van der Waals surface area contributed by atoms with Gasteiger partial charge in [0.25, 0.3) is 5.91 Å². The highest BCUT2D eigenvalue weighted by Gasteiger charge is 2.37. The fraction of sp³-hybridized carbons (Fsp3) is 0.429. The summed E-state index contributed by atoms with van der Waals surface area (Å²) in [6, 6.07) is 3.44. The van der Waals surface area contributed by atoms with Crippen LogP contribution in [0.15, 0.2) is 18.3 Å². The van der Waals surface area contributed by atoms with E-state index in [0.29, 0.717) is 23.6 Å². The molecule has 0 unspecified atom stereocenters. The van der Waals surface area contributed by atoms with Crippen LogP contribution in [0.4, 0.5) is 0 Å². The van der Waals surface area contributed by atoms with Crippen LogP contribution in [0.5, 0.6) is 0 Å². The monoisotopic (exact) mass is 288 g/mol. The van der Waals surface area contributed by atoms with Crippen LogP contribution >= 0.6 is 0 Å². The fourth-order valence-corrected chi connectivity index (χ4v) is 2.77. The van der Waals surface area contributed by atoms with E-state index in [1.807, 2.05) is 13.8 Å². The Bertz CT molecular complexity index is 724. The Balaban J connectivity index is 1.87. The van der Waals surface area contributed by atoms with E-state index in [-0.39, 0.29) is 18.4 Å². The van der Waals surface area contributed by atoms with E-state index in [1.165, 1.54) is 0 Å². The molecule has 7 nitrogen and oxygen atoms in total. The van der Waals surface area contributed by atoms with Crippen LogP contribution in [-0.4, -0.2) is 49.6 Å². The molecular formula is C14H16N4O3. The first-order valence-corrected chi connectivity index (χ1v) is 6.81. The van der Waals surface area contributed by atoms with Crippen LogP contribution in [-0.2, 0) is 4.79 Å². The van der Waals surface area contributed by atoms with Crippen molar-refractivity contribution in [2.24, 2.45) is 11.8 Å². The maximum Gasteiger partial charge on any atom is 0.308 e. The molecule has 0 saturated carbocycles. The molecule has 0 spiro atoms. The van der Waals surface area contributed by atoms with E-state index >= 15 is 0 Å². The molecule has 110 valence electrons. The zero-order valence-electron chi connectivity index (χ0n) is 11.9. The zero-order chi connectivity index (χ0) is 15.1. The van der Waals surface area contributed by atoms with Gasteiger partial charge in [-0.15, -0.1) is 10.2 Å². The van der Waals surface area contributed by atoms with Crippen molar-refractivity contribution in [2.75, 3.05) is 13.1 Å². The maximum absolute atomic E-state index is 12.5. The third kappa shape index (κ3) is 2.24. The van der Waals surface area contributed by atoms with Crippen LogP contribution in [0, 0.1) is 18.8 Å². The molecule has 0 bridgehead atoms. The number of carbonyl (C=O) groups excluding carboxylic acids is 1. The van der Waals surface area contributed by atoms with E-state index < -0.39 is 11.9 Å². The summed E-state index contributed by atoms with van der Waals surface area (Å²) in [6.07, 6.45) is 1.70. The first kappa shape index (κ1) is 13.5. The lowest BCUT2D eigenvalue weighted by molar-refractivity contribution is -0.142. The second-order valence-corrected chi connectivity index (χ2v) is 5.53. The van der Waals surface area contributed by atoms with Crippen molar-refractivity contribution >= 4 is 17.5 Å². The zero-order valence-corrected chi connectivity index (χ0v) is 11.9. The lowest BCUT2D eigenvalue weighted by Crippen LogP contribution is -2.30. The third-order valence-corrected chi connectivity index (χ3v) is 4.04. The minimum Gasteiger partial charge on any atom is -0.481 e. The second kappa shape index (κ2) is 4.83. The molecule has 1 aliphatic heterocycles. The van der Waals surface area contributed by atoms with Crippen LogP contribution < -0.4 is 0 Å². The molecule has 3 heterocycles. The number of hydrogen-bond acceptors (Lipinski definition) is 4. The first-order chi connectivity index (χ1) is 9.97. The van der Waals surface area contributed by atoms with Crippen molar-refractivity contribution in [3.63, 3.8) is 0 Å². The number of nitrogens with zero attached hydrogens (tertiary/aromatic N) is 4. The number of likely N-dealkylation sites (tertiary alicyclic amines) is 1. The molecule has 21 heavy (non-hydrogen) atoms. The van der Waals surface area contributed by atoms with Gasteiger partial charge in [-0.1, -0.05) is 6.92 Å². The molecule has 3 rings (SSSR count). The van der Waals surface area contributed by atoms with Gasteiger partial charge in [-0.3, -0.25) is 14.0 Å². The van der Waals surface area contributed by atoms with E-state index in [4.69, 9.17) is 5.11 Å². The smallest absolute Gasteiger partial charge is 0.308 e. The highest BCUT2D eigenvalue weighted by atomic mass is 16.4. The molecular weight excluding hydrogens is 272 g/mol. The Labute approximate surface area is 121 Å². The maximum atomic E-state index is 12.5. The van der Waals surface area contributed by atoms with Gasteiger partial charge >= 0.3 is 5.97 Å². The van der Waals surface area contributed by atoms with Crippen LogP contribution in [0.2, 0.25) is 0 Å². The number of rotatable bonds is 2. The molecule has 2 atom stereocenters. The van der Waals surface area contributed by atoms with Gasteiger partial charge in [-0.25, -0.2) is 0 Å². The van der Waals surface area contributed by atoms with E-state index in [0.717, 1.165) is 0 Å². The van der Waals surface area contributed by atoms with Crippen LogP contribution in [0.1, 0.15) is 23.1 Å². The molecule has 1 aliphatic rings. The van der Waals surface area contributed by atoms with Crippen molar-refractivity contribution in [3.05, 3.63) is 29.7 Å².